The molecule has 0 aliphatic rings. The molecule has 0 aliphatic carbocycles. The van der Waals surface area contributed by atoms with Crippen LogP contribution in [0.1, 0.15) is 0 Å². The highest BCUT2D eigenvalue weighted by Crippen LogP contribution is 2.28. The van der Waals surface area contributed by atoms with Crippen LogP contribution in [0.3, 0.4) is 0 Å². The van der Waals surface area contributed by atoms with Crippen LogP contribution < -0.4 is 9.46 Å². The monoisotopic (exact) mass is 461 g/mol. The van der Waals surface area contributed by atoms with Crippen molar-refractivity contribution < 1.29 is 13.2 Å². The predicted octanol–water partition coefficient (Wildman–Crippen LogP) is 4.56. The number of aromatic nitrogens is 4. The fourth-order valence-electron chi connectivity index (χ4n) is 2.53. The summed E-state index contributed by atoms with van der Waals surface area (Å²) in [5, 5.41) is 0.341. The lowest BCUT2D eigenvalue weighted by atomic mass is 10.3. The molecule has 30 heavy (non-hydrogen) atoms. The van der Waals surface area contributed by atoms with Crippen molar-refractivity contribution in [2.24, 2.45) is 0 Å². The number of rotatable bonds is 6. The molecule has 2 aromatic heterocycles. The smallest absolute Gasteiger partial charge is 0.263 e. The Morgan fingerprint density at radius 3 is 2.53 bits per heavy atom. The number of hydrogen-bond donors (Lipinski definition) is 1. The van der Waals surface area contributed by atoms with E-state index in [0.717, 1.165) is 0 Å². The van der Waals surface area contributed by atoms with Gasteiger partial charge in [0.25, 0.3) is 10.0 Å². The molecule has 2 aromatic carbocycles. The lowest BCUT2D eigenvalue weighted by Crippen LogP contribution is -2.13. The maximum Gasteiger partial charge on any atom is 0.263 e. The second kappa shape index (κ2) is 8.31. The topological polar surface area (TPSA) is 99.0 Å². The van der Waals surface area contributed by atoms with E-state index in [0.29, 0.717) is 23.1 Å². The molecule has 0 unspecified atom stereocenters. The molecule has 1 N–H and O–H groups in total. The number of halogens is 2. The highest BCUT2D eigenvalue weighted by Gasteiger charge is 2.18. The molecule has 11 heteroatoms. The minimum Gasteiger partial charge on any atom is -0.439 e. The van der Waals surface area contributed by atoms with Crippen LogP contribution in [0.25, 0.3) is 5.82 Å². The van der Waals surface area contributed by atoms with Gasteiger partial charge in [0.05, 0.1) is 5.02 Å². The first kappa shape index (κ1) is 20.1. The van der Waals surface area contributed by atoms with Gasteiger partial charge in [0.15, 0.2) is 0 Å². The molecule has 8 nitrogen and oxygen atoms in total. The van der Waals surface area contributed by atoms with Crippen molar-refractivity contribution in [1.29, 1.82) is 0 Å². The van der Waals surface area contributed by atoms with Crippen molar-refractivity contribution in [3.8, 4) is 17.4 Å². The Bertz CT molecular complexity index is 1280. The lowest BCUT2D eigenvalue weighted by Gasteiger charge is -2.11. The van der Waals surface area contributed by atoms with Gasteiger partial charge in [0.2, 0.25) is 5.88 Å². The molecule has 0 fully saturated rings. The Hall–Kier alpha value is -3.14. The van der Waals surface area contributed by atoms with Gasteiger partial charge in [-0.2, -0.15) is 0 Å². The van der Waals surface area contributed by atoms with Gasteiger partial charge in [-0.25, -0.2) is 23.4 Å². The van der Waals surface area contributed by atoms with Crippen LogP contribution in [0.5, 0.6) is 11.6 Å². The van der Waals surface area contributed by atoms with Gasteiger partial charge in [-0.3, -0.25) is 9.29 Å². The summed E-state index contributed by atoms with van der Waals surface area (Å²) in [7, 11) is -3.91. The summed E-state index contributed by atoms with van der Waals surface area (Å²) >= 11 is 11.9. The third-order valence-electron chi connectivity index (χ3n) is 3.91. The van der Waals surface area contributed by atoms with E-state index in [9.17, 15) is 8.42 Å². The zero-order valence-electron chi connectivity index (χ0n) is 15.1. The molecule has 0 radical (unpaired) electrons. The van der Waals surface area contributed by atoms with E-state index in [-0.39, 0.29) is 14.9 Å². The molecule has 0 aliphatic heterocycles. The Morgan fingerprint density at radius 2 is 1.80 bits per heavy atom. The fourth-order valence-corrected chi connectivity index (χ4v) is 4.35. The van der Waals surface area contributed by atoms with E-state index in [2.05, 4.69) is 19.7 Å². The van der Waals surface area contributed by atoms with Gasteiger partial charge in [0.1, 0.15) is 29.1 Å². The van der Waals surface area contributed by atoms with Crippen LogP contribution >= 0.6 is 23.2 Å². The largest absolute Gasteiger partial charge is 0.439 e. The van der Waals surface area contributed by atoms with Crippen molar-refractivity contribution in [3.05, 3.63) is 83.6 Å². The Morgan fingerprint density at radius 1 is 1.00 bits per heavy atom. The van der Waals surface area contributed by atoms with E-state index >= 15 is 0 Å². The second-order valence-electron chi connectivity index (χ2n) is 5.99. The highest BCUT2D eigenvalue weighted by molar-refractivity contribution is 7.92. The number of benzene rings is 2. The standard InChI is InChI=1S/C19H13Cl2N5O3S/c20-13-1-6-16(21)17(9-13)30(27,28)25-14-2-4-15(5-3-14)29-19-10-18(23-11-24-19)26-8-7-22-12-26/h1-12,25H. The molecule has 2 heterocycles. The predicted molar refractivity (Wildman–Crippen MR) is 113 cm³/mol. The van der Waals surface area contributed by atoms with Crippen LogP contribution in [0.4, 0.5) is 5.69 Å². The molecule has 0 saturated heterocycles. The zero-order chi connectivity index (χ0) is 21.1. The third kappa shape index (κ3) is 4.54. The quantitative estimate of drug-likeness (QED) is 0.451. The van der Waals surface area contributed by atoms with E-state index in [1.54, 1.807) is 53.6 Å². The van der Waals surface area contributed by atoms with E-state index in [1.165, 1.54) is 24.5 Å². The average Bonchev–Trinajstić information content (AvgIpc) is 3.26. The van der Waals surface area contributed by atoms with Gasteiger partial charge in [-0.05, 0) is 42.5 Å². The summed E-state index contributed by atoms with van der Waals surface area (Å²) in [6.07, 6.45) is 6.37. The van der Waals surface area contributed by atoms with E-state index < -0.39 is 10.0 Å². The molecule has 152 valence electrons. The van der Waals surface area contributed by atoms with Crippen molar-refractivity contribution in [2.45, 2.75) is 4.90 Å². The summed E-state index contributed by atoms with van der Waals surface area (Å²) in [5.41, 5.74) is 0.334. The van der Waals surface area contributed by atoms with E-state index in [1.807, 2.05) is 0 Å². The Kier molecular flexibility index (Phi) is 5.58. The maximum atomic E-state index is 12.6. The zero-order valence-corrected chi connectivity index (χ0v) is 17.4. The molecule has 0 saturated carbocycles. The normalized spacial score (nSPS) is 11.3. The summed E-state index contributed by atoms with van der Waals surface area (Å²) in [4.78, 5) is 12.1. The molecular formula is C19H13Cl2N5O3S. The van der Waals surface area contributed by atoms with Gasteiger partial charge in [-0.1, -0.05) is 23.2 Å². The summed E-state index contributed by atoms with van der Waals surface area (Å²) in [6, 6.07) is 12.2. The van der Waals surface area contributed by atoms with Gasteiger partial charge in [-0.15, -0.1) is 0 Å². The molecule has 4 rings (SSSR count). The number of nitrogens with zero attached hydrogens (tertiary/aromatic N) is 4. The van der Waals surface area contributed by atoms with Crippen LogP contribution in [0.15, 0.2) is 78.5 Å². The fraction of sp³-hybridized carbons (Fsp3) is 0. The molecule has 4 aromatic rings. The van der Waals surface area contributed by atoms with Crippen LogP contribution in [0.2, 0.25) is 10.0 Å². The van der Waals surface area contributed by atoms with Crippen LogP contribution in [0, 0.1) is 0 Å². The molecule has 0 bridgehead atoms. The number of imidazole rings is 1. The second-order valence-corrected chi connectivity index (χ2v) is 8.49. The van der Waals surface area contributed by atoms with Crippen molar-refractivity contribution in [3.63, 3.8) is 0 Å². The number of anilines is 1. The summed E-state index contributed by atoms with van der Waals surface area (Å²) in [5.74, 6) is 1.39. The van der Waals surface area contributed by atoms with Gasteiger partial charge in [0, 0.05) is 29.2 Å². The van der Waals surface area contributed by atoms with Crippen molar-refractivity contribution >= 4 is 38.9 Å². The first-order chi connectivity index (χ1) is 14.4. The highest BCUT2D eigenvalue weighted by atomic mass is 35.5. The van der Waals surface area contributed by atoms with E-state index in [4.69, 9.17) is 27.9 Å². The minimum atomic E-state index is -3.91. The average molecular weight is 462 g/mol. The van der Waals surface area contributed by atoms with Crippen LogP contribution in [-0.2, 0) is 10.0 Å². The van der Waals surface area contributed by atoms with Crippen molar-refractivity contribution in [2.75, 3.05) is 4.72 Å². The molecule has 0 spiro atoms. The Labute approximate surface area is 182 Å². The summed E-state index contributed by atoms with van der Waals surface area (Å²) < 4.78 is 35.1. The third-order valence-corrected chi connectivity index (χ3v) is 6.01. The molecular weight excluding hydrogens is 449 g/mol. The van der Waals surface area contributed by atoms with Gasteiger partial charge < -0.3 is 4.74 Å². The van der Waals surface area contributed by atoms with Gasteiger partial charge >= 0.3 is 0 Å². The first-order valence-corrected chi connectivity index (χ1v) is 10.7. The number of sulfonamides is 1. The lowest BCUT2D eigenvalue weighted by molar-refractivity contribution is 0.461. The number of nitrogens with one attached hydrogen (secondary N) is 1. The minimum absolute atomic E-state index is 0.0734. The SMILES string of the molecule is O=S(=O)(Nc1ccc(Oc2cc(-n3ccnc3)ncn2)cc1)c1cc(Cl)ccc1Cl. The Balaban J connectivity index is 1.50. The summed E-state index contributed by atoms with van der Waals surface area (Å²) in [6.45, 7) is 0. The maximum absolute atomic E-state index is 12.6. The number of hydrogen-bond acceptors (Lipinski definition) is 6. The van der Waals surface area contributed by atoms with Crippen LogP contribution in [-0.4, -0.2) is 27.9 Å². The first-order valence-electron chi connectivity index (χ1n) is 8.47. The molecule has 0 atom stereocenters. The number of ether oxygens (including phenoxy) is 1. The van der Waals surface area contributed by atoms with Crippen molar-refractivity contribution in [1.82, 2.24) is 19.5 Å². The molecule has 0 amide bonds.